The monoisotopic (exact) mass is 377 g/mol. The van der Waals surface area contributed by atoms with Gasteiger partial charge in [-0.1, -0.05) is 13.3 Å². The van der Waals surface area contributed by atoms with E-state index >= 15 is 0 Å². The minimum atomic E-state index is -0.825. The highest BCUT2D eigenvalue weighted by atomic mass is 16.5. The SMILES string of the molecule is CCOC(=O)c1cc(NC(=O)[C@]2(OC)CCC[C@H](C)C2)ccc1OC(C)C. The van der Waals surface area contributed by atoms with Crippen molar-refractivity contribution in [3.8, 4) is 5.75 Å². The maximum atomic E-state index is 13.0. The maximum Gasteiger partial charge on any atom is 0.341 e. The van der Waals surface area contributed by atoms with Gasteiger partial charge in [0.25, 0.3) is 5.91 Å². The van der Waals surface area contributed by atoms with Gasteiger partial charge >= 0.3 is 5.97 Å². The van der Waals surface area contributed by atoms with Crippen molar-refractivity contribution in [2.75, 3.05) is 19.0 Å². The number of hydrogen-bond donors (Lipinski definition) is 1. The van der Waals surface area contributed by atoms with Gasteiger partial charge in [-0.15, -0.1) is 0 Å². The molecular formula is C21H31NO5. The van der Waals surface area contributed by atoms with E-state index in [4.69, 9.17) is 14.2 Å². The molecule has 1 saturated carbocycles. The number of carbonyl (C=O) groups excluding carboxylic acids is 2. The number of hydrogen-bond acceptors (Lipinski definition) is 5. The summed E-state index contributed by atoms with van der Waals surface area (Å²) < 4.78 is 16.5. The summed E-state index contributed by atoms with van der Waals surface area (Å²) in [5.41, 5.74) is -0.00451. The van der Waals surface area contributed by atoms with Crippen molar-refractivity contribution in [3.05, 3.63) is 23.8 Å². The van der Waals surface area contributed by atoms with E-state index in [9.17, 15) is 9.59 Å². The molecule has 0 radical (unpaired) electrons. The first kappa shape index (κ1) is 21.2. The van der Waals surface area contributed by atoms with E-state index in [2.05, 4.69) is 12.2 Å². The van der Waals surface area contributed by atoms with Crippen LogP contribution in [0.3, 0.4) is 0 Å². The Bertz CT molecular complexity index is 673. The van der Waals surface area contributed by atoms with Crippen LogP contribution in [0.15, 0.2) is 18.2 Å². The van der Waals surface area contributed by atoms with Crippen LogP contribution in [0.1, 0.15) is 63.7 Å². The highest BCUT2D eigenvalue weighted by Crippen LogP contribution is 2.36. The lowest BCUT2D eigenvalue weighted by Gasteiger charge is -2.37. The molecule has 1 aromatic rings. The minimum absolute atomic E-state index is 0.0842. The highest BCUT2D eigenvalue weighted by molar-refractivity contribution is 5.99. The van der Waals surface area contributed by atoms with E-state index < -0.39 is 11.6 Å². The van der Waals surface area contributed by atoms with Gasteiger partial charge in [0.2, 0.25) is 0 Å². The summed E-state index contributed by atoms with van der Waals surface area (Å²) in [6, 6.07) is 5.02. The molecule has 2 rings (SSSR count). The van der Waals surface area contributed by atoms with Crippen molar-refractivity contribution >= 4 is 17.6 Å². The van der Waals surface area contributed by atoms with Gasteiger partial charge in [0.15, 0.2) is 0 Å². The molecule has 27 heavy (non-hydrogen) atoms. The zero-order chi connectivity index (χ0) is 20.0. The highest BCUT2D eigenvalue weighted by Gasteiger charge is 2.42. The van der Waals surface area contributed by atoms with Crippen LogP contribution < -0.4 is 10.1 Å². The van der Waals surface area contributed by atoms with Crippen molar-refractivity contribution in [2.24, 2.45) is 5.92 Å². The molecule has 1 fully saturated rings. The predicted octanol–water partition coefficient (Wildman–Crippen LogP) is 4.18. The first-order valence-corrected chi connectivity index (χ1v) is 9.65. The van der Waals surface area contributed by atoms with Crippen LogP contribution in [0.4, 0.5) is 5.69 Å². The van der Waals surface area contributed by atoms with Crippen molar-refractivity contribution in [3.63, 3.8) is 0 Å². The second-order valence-corrected chi connectivity index (χ2v) is 7.45. The van der Waals surface area contributed by atoms with Gasteiger partial charge in [0.05, 0.1) is 12.7 Å². The summed E-state index contributed by atoms with van der Waals surface area (Å²) in [5, 5.41) is 2.91. The van der Waals surface area contributed by atoms with E-state index in [1.54, 1.807) is 32.2 Å². The molecule has 0 bridgehead atoms. The van der Waals surface area contributed by atoms with Gasteiger partial charge in [-0.2, -0.15) is 0 Å². The van der Waals surface area contributed by atoms with E-state index in [0.717, 1.165) is 12.8 Å². The van der Waals surface area contributed by atoms with Gasteiger partial charge in [0, 0.05) is 12.8 Å². The fourth-order valence-corrected chi connectivity index (χ4v) is 3.57. The average molecular weight is 377 g/mol. The Labute approximate surface area is 161 Å². The van der Waals surface area contributed by atoms with Crippen LogP contribution in [-0.4, -0.2) is 37.3 Å². The quantitative estimate of drug-likeness (QED) is 0.722. The normalized spacial score (nSPS) is 22.4. The number of ether oxygens (including phenoxy) is 3. The van der Waals surface area contributed by atoms with Crippen molar-refractivity contribution < 1.29 is 23.8 Å². The summed E-state index contributed by atoms with van der Waals surface area (Å²) in [7, 11) is 1.58. The Hall–Kier alpha value is -2.08. The number of nitrogens with one attached hydrogen (secondary N) is 1. The molecule has 1 amide bonds. The average Bonchev–Trinajstić information content (AvgIpc) is 2.62. The summed E-state index contributed by atoms with van der Waals surface area (Å²) in [6.07, 6.45) is 3.36. The Morgan fingerprint density at radius 3 is 2.67 bits per heavy atom. The molecule has 1 aliphatic carbocycles. The molecule has 6 heteroatoms. The van der Waals surface area contributed by atoms with Gasteiger partial charge < -0.3 is 19.5 Å². The smallest absolute Gasteiger partial charge is 0.341 e. The van der Waals surface area contributed by atoms with Crippen molar-refractivity contribution in [1.82, 2.24) is 0 Å². The van der Waals surface area contributed by atoms with Crippen LogP contribution in [-0.2, 0) is 14.3 Å². The summed E-state index contributed by atoms with van der Waals surface area (Å²) in [6.45, 7) is 7.92. The Balaban J connectivity index is 2.26. The zero-order valence-corrected chi connectivity index (χ0v) is 17.0. The number of esters is 1. The first-order valence-electron chi connectivity index (χ1n) is 9.65. The van der Waals surface area contributed by atoms with E-state index in [-0.39, 0.29) is 18.6 Å². The third-order valence-corrected chi connectivity index (χ3v) is 4.86. The molecular weight excluding hydrogens is 346 g/mol. The second-order valence-electron chi connectivity index (χ2n) is 7.45. The lowest BCUT2D eigenvalue weighted by molar-refractivity contribution is -0.143. The molecule has 6 nitrogen and oxygen atoms in total. The minimum Gasteiger partial charge on any atom is -0.490 e. The molecule has 150 valence electrons. The zero-order valence-electron chi connectivity index (χ0n) is 17.0. The van der Waals surface area contributed by atoms with E-state index in [1.807, 2.05) is 13.8 Å². The molecule has 0 aromatic heterocycles. The molecule has 0 spiro atoms. The lowest BCUT2D eigenvalue weighted by atomic mass is 9.78. The van der Waals surface area contributed by atoms with Crippen LogP contribution >= 0.6 is 0 Å². The van der Waals surface area contributed by atoms with Crippen LogP contribution in [0.5, 0.6) is 5.75 Å². The molecule has 0 aliphatic heterocycles. The van der Waals surface area contributed by atoms with Gasteiger partial charge in [-0.05, 0) is 64.2 Å². The summed E-state index contributed by atoms with van der Waals surface area (Å²) in [5.74, 6) is 0.219. The number of benzene rings is 1. The predicted molar refractivity (Wildman–Crippen MR) is 104 cm³/mol. The molecule has 1 aliphatic rings. The summed E-state index contributed by atoms with van der Waals surface area (Å²) in [4.78, 5) is 25.3. The number of anilines is 1. The van der Waals surface area contributed by atoms with Crippen molar-refractivity contribution in [1.29, 1.82) is 0 Å². The Kier molecular flexibility index (Phi) is 7.25. The number of rotatable bonds is 7. The fourth-order valence-electron chi connectivity index (χ4n) is 3.57. The molecule has 1 N–H and O–H groups in total. The largest absolute Gasteiger partial charge is 0.490 e. The Morgan fingerprint density at radius 1 is 1.33 bits per heavy atom. The van der Waals surface area contributed by atoms with E-state index in [1.165, 1.54) is 0 Å². The second kappa shape index (κ2) is 9.22. The number of methoxy groups -OCH3 is 1. The van der Waals surface area contributed by atoms with Crippen LogP contribution in [0.2, 0.25) is 0 Å². The third-order valence-electron chi connectivity index (χ3n) is 4.86. The third kappa shape index (κ3) is 5.22. The van der Waals surface area contributed by atoms with Gasteiger partial charge in [-0.25, -0.2) is 4.79 Å². The topological polar surface area (TPSA) is 73.9 Å². The Morgan fingerprint density at radius 2 is 2.07 bits per heavy atom. The number of amides is 1. The van der Waals surface area contributed by atoms with Gasteiger partial charge in [-0.3, -0.25) is 4.79 Å². The molecule has 2 atom stereocenters. The van der Waals surface area contributed by atoms with E-state index in [0.29, 0.717) is 35.8 Å². The van der Waals surface area contributed by atoms with Crippen LogP contribution in [0.25, 0.3) is 0 Å². The van der Waals surface area contributed by atoms with Gasteiger partial charge in [0.1, 0.15) is 16.9 Å². The first-order chi connectivity index (χ1) is 12.8. The standard InChI is InChI=1S/C21H31NO5/c1-6-26-19(23)17-12-16(9-10-18(17)27-14(2)3)22-20(24)21(25-5)11-7-8-15(4)13-21/h9-10,12,14-15H,6-8,11,13H2,1-5H3,(H,22,24)/t15-,21-/m0/s1. The van der Waals surface area contributed by atoms with Crippen LogP contribution in [0, 0.1) is 5.92 Å². The molecule has 0 saturated heterocycles. The lowest BCUT2D eigenvalue weighted by Crippen LogP contribution is -2.47. The maximum absolute atomic E-state index is 13.0. The molecule has 0 unspecified atom stereocenters. The summed E-state index contributed by atoms with van der Waals surface area (Å²) >= 11 is 0. The molecule has 0 heterocycles. The van der Waals surface area contributed by atoms with Crippen molar-refractivity contribution in [2.45, 2.75) is 65.1 Å². The molecule has 1 aromatic carbocycles. The number of carbonyl (C=O) groups is 2. The fraction of sp³-hybridized carbons (Fsp3) is 0.619.